The van der Waals surface area contributed by atoms with Gasteiger partial charge in [0.25, 0.3) is 5.56 Å². The van der Waals surface area contributed by atoms with Gasteiger partial charge in [0.1, 0.15) is 5.82 Å². The molecule has 0 saturated carbocycles. The van der Waals surface area contributed by atoms with E-state index in [9.17, 15) is 14.4 Å². The summed E-state index contributed by atoms with van der Waals surface area (Å²) in [5.41, 5.74) is 1.88. The summed E-state index contributed by atoms with van der Waals surface area (Å²) in [6.07, 6.45) is 4.01. The van der Waals surface area contributed by atoms with Crippen LogP contribution in [0, 0.1) is 6.92 Å². The van der Waals surface area contributed by atoms with Crippen LogP contribution in [0.1, 0.15) is 43.1 Å². The van der Waals surface area contributed by atoms with Crippen molar-refractivity contribution in [3.63, 3.8) is 0 Å². The van der Waals surface area contributed by atoms with E-state index in [0.717, 1.165) is 25.0 Å². The molecule has 0 radical (unpaired) electrons. The summed E-state index contributed by atoms with van der Waals surface area (Å²) >= 11 is 0. The highest BCUT2D eigenvalue weighted by Crippen LogP contribution is 2.19. The first kappa shape index (κ1) is 20.7. The Labute approximate surface area is 168 Å². The molecule has 2 aromatic heterocycles. The number of aromatic amines is 1. The number of carbonyl (C=O) groups excluding carboxylic acids is 2. The fourth-order valence-corrected chi connectivity index (χ4v) is 3.21. The number of hydrogen-bond acceptors (Lipinski definition) is 6. The van der Waals surface area contributed by atoms with E-state index in [2.05, 4.69) is 25.7 Å². The molecule has 2 amide bonds. The van der Waals surface area contributed by atoms with Crippen molar-refractivity contribution in [1.82, 2.24) is 25.1 Å². The maximum atomic E-state index is 12.4. The highest BCUT2D eigenvalue weighted by Gasteiger charge is 2.20. The minimum atomic E-state index is -0.817. The number of fused-ring (bicyclic) bond motifs is 1. The predicted octanol–water partition coefficient (Wildman–Crippen LogP) is 0.624. The van der Waals surface area contributed by atoms with Gasteiger partial charge in [-0.1, -0.05) is 0 Å². The Morgan fingerprint density at radius 2 is 2.07 bits per heavy atom. The molecule has 0 atom stereocenters. The average Bonchev–Trinajstić information content (AvgIpc) is 3.07. The van der Waals surface area contributed by atoms with Crippen LogP contribution in [0.2, 0.25) is 0 Å². The van der Waals surface area contributed by atoms with Crippen LogP contribution in [0.3, 0.4) is 0 Å². The van der Waals surface area contributed by atoms with E-state index >= 15 is 0 Å². The lowest BCUT2D eigenvalue weighted by Crippen LogP contribution is -2.36. The number of hydrogen-bond donors (Lipinski definition) is 3. The normalized spacial score (nSPS) is 13.0. The third kappa shape index (κ3) is 5.08. The molecule has 0 saturated heterocycles. The van der Waals surface area contributed by atoms with Crippen LogP contribution >= 0.6 is 0 Å². The molecule has 3 rings (SSSR count). The lowest BCUT2D eigenvalue weighted by atomic mass is 9.97. The second kappa shape index (κ2) is 9.46. The standard InChI is InChI=1S/C19H26N6O4/c1-3-29-10-6-9-20-17(27)18(28)22-15-11-12(2)24-25(15)19-21-14-8-5-4-7-13(14)16(26)23-19/h11H,3-10H2,1-2H3,(H,20,27)(H,22,28)(H,21,23,26). The van der Waals surface area contributed by atoms with Gasteiger partial charge < -0.3 is 15.4 Å². The zero-order valence-electron chi connectivity index (χ0n) is 16.7. The third-order valence-corrected chi connectivity index (χ3v) is 4.61. The van der Waals surface area contributed by atoms with E-state index in [1.165, 1.54) is 4.68 Å². The maximum absolute atomic E-state index is 12.4. The number of ether oxygens (including phenoxy) is 1. The number of nitrogens with one attached hydrogen (secondary N) is 3. The first-order valence-electron chi connectivity index (χ1n) is 9.85. The fraction of sp³-hybridized carbons (Fsp3) is 0.526. The molecule has 29 heavy (non-hydrogen) atoms. The van der Waals surface area contributed by atoms with Gasteiger partial charge in [0.15, 0.2) is 0 Å². The van der Waals surface area contributed by atoms with Crippen LogP contribution < -0.4 is 16.2 Å². The summed E-state index contributed by atoms with van der Waals surface area (Å²) < 4.78 is 6.53. The number of anilines is 1. The molecule has 0 spiro atoms. The van der Waals surface area contributed by atoms with E-state index in [-0.39, 0.29) is 17.3 Å². The fourth-order valence-electron chi connectivity index (χ4n) is 3.21. The van der Waals surface area contributed by atoms with Gasteiger partial charge in [-0.3, -0.25) is 19.4 Å². The van der Waals surface area contributed by atoms with E-state index in [0.29, 0.717) is 43.9 Å². The SMILES string of the molecule is CCOCCCNC(=O)C(=O)Nc1cc(C)nn1-c1nc2c(c(=O)[nH]1)CCCC2. The molecule has 0 aromatic carbocycles. The molecule has 10 nitrogen and oxygen atoms in total. The summed E-state index contributed by atoms with van der Waals surface area (Å²) in [5, 5.41) is 9.38. The molecule has 3 N–H and O–H groups in total. The number of nitrogens with zero attached hydrogens (tertiary/aromatic N) is 3. The number of aryl methyl sites for hydroxylation is 2. The van der Waals surface area contributed by atoms with Gasteiger partial charge in [0.05, 0.1) is 11.4 Å². The third-order valence-electron chi connectivity index (χ3n) is 4.61. The van der Waals surface area contributed by atoms with Gasteiger partial charge in [-0.2, -0.15) is 9.78 Å². The number of carbonyl (C=O) groups is 2. The molecular formula is C19H26N6O4. The molecule has 0 aliphatic heterocycles. The van der Waals surface area contributed by atoms with Crippen LogP contribution in [0.15, 0.2) is 10.9 Å². The quantitative estimate of drug-likeness (QED) is 0.460. The summed E-state index contributed by atoms with van der Waals surface area (Å²) in [6, 6.07) is 1.61. The van der Waals surface area contributed by atoms with Crippen LogP contribution in [-0.2, 0) is 27.2 Å². The number of amides is 2. The van der Waals surface area contributed by atoms with Crippen LogP contribution in [0.4, 0.5) is 5.82 Å². The molecule has 0 fully saturated rings. The summed E-state index contributed by atoms with van der Waals surface area (Å²) in [6.45, 7) is 5.10. The molecule has 2 heterocycles. The Hall–Kier alpha value is -3.01. The van der Waals surface area contributed by atoms with Gasteiger partial charge in [-0.05, 0) is 46.0 Å². The predicted molar refractivity (Wildman–Crippen MR) is 106 cm³/mol. The van der Waals surface area contributed by atoms with Gasteiger partial charge in [0.2, 0.25) is 5.95 Å². The molecule has 2 aromatic rings. The first-order chi connectivity index (χ1) is 14.0. The topological polar surface area (TPSA) is 131 Å². The van der Waals surface area contributed by atoms with Crippen molar-refractivity contribution in [2.45, 2.75) is 46.0 Å². The van der Waals surface area contributed by atoms with E-state index in [1.54, 1.807) is 13.0 Å². The number of aromatic nitrogens is 4. The maximum Gasteiger partial charge on any atom is 0.314 e. The van der Waals surface area contributed by atoms with Crippen molar-refractivity contribution < 1.29 is 14.3 Å². The van der Waals surface area contributed by atoms with Gasteiger partial charge in [-0.25, -0.2) is 4.98 Å². The number of rotatable bonds is 7. The van der Waals surface area contributed by atoms with E-state index in [1.807, 2.05) is 6.92 Å². The van der Waals surface area contributed by atoms with Gasteiger partial charge in [-0.15, -0.1) is 0 Å². The Morgan fingerprint density at radius 3 is 2.86 bits per heavy atom. The van der Waals surface area contributed by atoms with Gasteiger partial charge >= 0.3 is 11.8 Å². The highest BCUT2D eigenvalue weighted by molar-refractivity contribution is 6.39. The number of H-pyrrole nitrogens is 1. The lowest BCUT2D eigenvalue weighted by molar-refractivity contribution is -0.136. The first-order valence-corrected chi connectivity index (χ1v) is 9.85. The average molecular weight is 402 g/mol. The minimum absolute atomic E-state index is 0.192. The Balaban J connectivity index is 1.73. The molecule has 156 valence electrons. The molecule has 1 aliphatic rings. The van der Waals surface area contributed by atoms with Crippen molar-refractivity contribution in [1.29, 1.82) is 0 Å². The zero-order valence-corrected chi connectivity index (χ0v) is 16.7. The van der Waals surface area contributed by atoms with Crippen molar-refractivity contribution in [2.24, 2.45) is 0 Å². The second-order valence-electron chi connectivity index (χ2n) is 6.87. The van der Waals surface area contributed by atoms with Crippen molar-refractivity contribution in [3.05, 3.63) is 33.4 Å². The van der Waals surface area contributed by atoms with Crippen LogP contribution in [0.5, 0.6) is 0 Å². The molecule has 0 unspecified atom stereocenters. The Bertz CT molecular complexity index is 949. The monoisotopic (exact) mass is 402 g/mol. The summed E-state index contributed by atoms with van der Waals surface area (Å²) in [7, 11) is 0. The summed E-state index contributed by atoms with van der Waals surface area (Å²) in [5.74, 6) is -1.09. The van der Waals surface area contributed by atoms with Gasteiger partial charge in [0, 0.05) is 31.4 Å². The largest absolute Gasteiger partial charge is 0.382 e. The second-order valence-corrected chi connectivity index (χ2v) is 6.87. The molecular weight excluding hydrogens is 376 g/mol. The van der Waals surface area contributed by atoms with Crippen LogP contribution in [-0.4, -0.2) is 51.3 Å². The molecule has 1 aliphatic carbocycles. The molecule has 10 heteroatoms. The smallest absolute Gasteiger partial charge is 0.314 e. The van der Waals surface area contributed by atoms with E-state index < -0.39 is 11.8 Å². The Kier molecular flexibility index (Phi) is 6.76. The van der Waals surface area contributed by atoms with Crippen molar-refractivity contribution >= 4 is 17.6 Å². The van der Waals surface area contributed by atoms with Crippen molar-refractivity contribution in [3.8, 4) is 5.95 Å². The zero-order chi connectivity index (χ0) is 20.8. The van der Waals surface area contributed by atoms with Crippen molar-refractivity contribution in [2.75, 3.05) is 25.1 Å². The lowest BCUT2D eigenvalue weighted by Gasteiger charge is -2.15. The highest BCUT2D eigenvalue weighted by atomic mass is 16.5. The van der Waals surface area contributed by atoms with Crippen LogP contribution in [0.25, 0.3) is 5.95 Å². The Morgan fingerprint density at radius 1 is 1.28 bits per heavy atom. The summed E-state index contributed by atoms with van der Waals surface area (Å²) in [4.78, 5) is 43.9. The molecule has 0 bridgehead atoms. The van der Waals surface area contributed by atoms with E-state index in [4.69, 9.17) is 4.74 Å². The minimum Gasteiger partial charge on any atom is -0.382 e.